The Hall–Kier alpha value is -5.48. The number of pyridine rings is 1. The molecular formula is C46H37N4OPt-. The van der Waals surface area contributed by atoms with Crippen LogP contribution in [0.5, 0.6) is 0 Å². The van der Waals surface area contributed by atoms with E-state index < -0.39 is 5.41 Å². The molecule has 1 aliphatic rings. The van der Waals surface area contributed by atoms with Crippen LogP contribution in [0.15, 0.2) is 146 Å². The molecule has 9 rings (SSSR count). The minimum atomic E-state index is -0.419. The van der Waals surface area contributed by atoms with E-state index in [0.29, 0.717) is 0 Å². The van der Waals surface area contributed by atoms with Crippen LogP contribution in [0.25, 0.3) is 38.8 Å². The molecule has 1 N–H and O–H groups in total. The Labute approximate surface area is 318 Å². The molecule has 0 saturated heterocycles. The summed E-state index contributed by atoms with van der Waals surface area (Å²) in [5.74, 6) is 0.874. The summed E-state index contributed by atoms with van der Waals surface area (Å²) in [7, 11) is 0. The summed E-state index contributed by atoms with van der Waals surface area (Å²) >= 11 is 0. The molecule has 258 valence electrons. The molecule has 0 amide bonds. The summed E-state index contributed by atoms with van der Waals surface area (Å²) < 4.78 is 2.26. The predicted octanol–water partition coefficient (Wildman–Crippen LogP) is 11.5. The molecule has 0 fully saturated rings. The number of hydrogen-bond donors (Lipinski definition) is 0. The summed E-state index contributed by atoms with van der Waals surface area (Å²) in [5.41, 5.74) is 12.7. The third kappa shape index (κ3) is 5.53. The van der Waals surface area contributed by atoms with Gasteiger partial charge in [-0.2, -0.15) is 46.4 Å². The number of fused-ring (bicyclic) bond motifs is 4. The molecule has 8 aromatic rings. The largest absolute Gasteiger partial charge is 0.319 e. The van der Waals surface area contributed by atoms with Gasteiger partial charge in [0.1, 0.15) is 22.9 Å². The zero-order valence-corrected chi connectivity index (χ0v) is 31.7. The number of aryl methyl sites for hydroxylation is 2. The summed E-state index contributed by atoms with van der Waals surface area (Å²) in [6.45, 7) is 8.84. The van der Waals surface area contributed by atoms with Gasteiger partial charge in [0, 0.05) is 38.5 Å². The van der Waals surface area contributed by atoms with E-state index in [1.54, 1.807) is 0 Å². The van der Waals surface area contributed by atoms with Gasteiger partial charge in [0.2, 0.25) is 0 Å². The summed E-state index contributed by atoms with van der Waals surface area (Å²) in [5, 5.41) is 6.31. The van der Waals surface area contributed by atoms with Crippen molar-refractivity contribution in [3.05, 3.63) is 180 Å². The Kier molecular flexibility index (Phi) is 8.57. The number of rotatable bonds is 6. The van der Waals surface area contributed by atoms with Gasteiger partial charge >= 0.3 is 0 Å². The van der Waals surface area contributed by atoms with Crippen molar-refractivity contribution in [2.24, 2.45) is 0 Å². The molecule has 52 heavy (non-hydrogen) atoms. The van der Waals surface area contributed by atoms with Crippen molar-refractivity contribution in [3.63, 3.8) is 0 Å². The zero-order chi connectivity index (χ0) is 34.7. The van der Waals surface area contributed by atoms with Crippen LogP contribution in [-0.4, -0.2) is 14.5 Å². The number of benzene rings is 6. The van der Waals surface area contributed by atoms with E-state index in [4.69, 9.17) is 9.92 Å². The van der Waals surface area contributed by atoms with Crippen molar-refractivity contribution in [1.29, 1.82) is 0 Å². The molecular weight excluding hydrogens is 820 g/mol. The molecule has 0 atom stereocenters. The smallest absolute Gasteiger partial charge is 0.148 e. The molecule has 5 nitrogen and oxygen atoms in total. The molecule has 1 aliphatic heterocycles. The van der Waals surface area contributed by atoms with Gasteiger partial charge in [-0.1, -0.05) is 91.2 Å². The van der Waals surface area contributed by atoms with Gasteiger partial charge in [0.05, 0.1) is 0 Å². The fourth-order valence-electron chi connectivity index (χ4n) is 7.50. The van der Waals surface area contributed by atoms with E-state index >= 15 is 0 Å². The van der Waals surface area contributed by atoms with Crippen LogP contribution < -0.4 is 10.1 Å². The quantitative estimate of drug-likeness (QED) is 0.123. The van der Waals surface area contributed by atoms with E-state index in [2.05, 4.69) is 166 Å². The van der Waals surface area contributed by atoms with Crippen LogP contribution in [0.3, 0.4) is 0 Å². The second-order valence-corrected chi connectivity index (χ2v) is 13.8. The van der Waals surface area contributed by atoms with Gasteiger partial charge in [0.25, 0.3) is 0 Å². The van der Waals surface area contributed by atoms with E-state index in [1.807, 2.05) is 34.5 Å². The molecule has 0 spiro atoms. The third-order valence-corrected chi connectivity index (χ3v) is 10.2. The number of anilines is 4. The van der Waals surface area contributed by atoms with Crippen LogP contribution in [0.1, 0.15) is 36.1 Å². The number of aromatic nitrogens is 2. The van der Waals surface area contributed by atoms with Crippen molar-refractivity contribution < 1.29 is 26.0 Å². The zero-order valence-electron chi connectivity index (χ0n) is 29.4. The SMILES string of the molecule is Cc1cccc(C)c1-c1ccnc(-n2c3[c-]c(C(C)(C)c4[c-]c(N5[OH+]N(c6ccccc6)c6ccccc65)ccc4)ccc3c3ccccc32)c1.[Pt]. The van der Waals surface area contributed by atoms with Crippen molar-refractivity contribution in [2.45, 2.75) is 33.1 Å². The monoisotopic (exact) mass is 856 g/mol. The predicted molar refractivity (Wildman–Crippen MR) is 209 cm³/mol. The van der Waals surface area contributed by atoms with Crippen LogP contribution >= 0.6 is 0 Å². The average molecular weight is 857 g/mol. The molecule has 0 unspecified atom stereocenters. The van der Waals surface area contributed by atoms with Crippen molar-refractivity contribution in [1.82, 2.24) is 9.55 Å². The number of hydrogen-bond acceptors (Lipinski definition) is 3. The minimum Gasteiger partial charge on any atom is -0.319 e. The maximum Gasteiger partial charge on any atom is 0.148 e. The first kappa shape index (κ1) is 33.7. The Morgan fingerprint density at radius 1 is 0.615 bits per heavy atom. The van der Waals surface area contributed by atoms with Gasteiger partial charge in [0.15, 0.2) is 0 Å². The molecule has 0 bridgehead atoms. The Bertz CT molecular complexity index is 2570. The summed E-state index contributed by atoms with van der Waals surface area (Å²) in [6, 6.07) is 56.4. The van der Waals surface area contributed by atoms with E-state index in [0.717, 1.165) is 61.7 Å². The number of para-hydroxylation sites is 4. The molecule has 2 aromatic heterocycles. The Morgan fingerprint density at radius 2 is 1.29 bits per heavy atom. The van der Waals surface area contributed by atoms with Gasteiger partial charge in [-0.15, -0.1) is 22.6 Å². The van der Waals surface area contributed by atoms with E-state index in [-0.39, 0.29) is 21.1 Å². The molecule has 0 aliphatic carbocycles. The van der Waals surface area contributed by atoms with Gasteiger partial charge < -0.3 is 4.57 Å². The fourth-order valence-corrected chi connectivity index (χ4v) is 7.50. The van der Waals surface area contributed by atoms with Crippen LogP contribution in [0, 0.1) is 26.0 Å². The van der Waals surface area contributed by atoms with Gasteiger partial charge in [-0.3, -0.25) is 0 Å². The second kappa shape index (κ2) is 13.2. The van der Waals surface area contributed by atoms with E-state index in [9.17, 15) is 0 Å². The summed E-state index contributed by atoms with van der Waals surface area (Å²) in [6.07, 6.45) is 1.92. The first-order valence-electron chi connectivity index (χ1n) is 17.4. The molecule has 6 heteroatoms. The Morgan fingerprint density at radius 3 is 2.08 bits per heavy atom. The standard InChI is InChI=1S/C46H36N4O.Pt/c1-31-14-12-15-32(2)45(31)33-26-27-47-44(28-33)48-40-21-9-8-20-38(40)39-25-24-35(30-43(39)48)46(3,4)34-16-13-19-37(29-34)50-42-23-11-10-22-41(42)49(51-50)36-17-6-5-7-18-36;/h5-28H,1-4H3;/q-2;/p+1. The van der Waals surface area contributed by atoms with Crippen LogP contribution in [-0.2, 0) is 26.5 Å². The first-order valence-corrected chi connectivity index (χ1v) is 17.4. The molecule has 0 saturated carbocycles. The maximum absolute atomic E-state index is 5.06. The van der Waals surface area contributed by atoms with Gasteiger partial charge in [-0.05, 0) is 89.4 Å². The van der Waals surface area contributed by atoms with Crippen LogP contribution in [0.4, 0.5) is 22.7 Å². The maximum atomic E-state index is 5.06. The minimum absolute atomic E-state index is 0. The molecule has 6 aromatic carbocycles. The topological polar surface area (TPSA) is 37.1 Å². The van der Waals surface area contributed by atoms with Gasteiger partial charge in [-0.25, -0.2) is 4.98 Å². The van der Waals surface area contributed by atoms with Crippen molar-refractivity contribution in [3.8, 4) is 16.9 Å². The normalized spacial score (nSPS) is 12.7. The van der Waals surface area contributed by atoms with Crippen molar-refractivity contribution in [2.75, 3.05) is 10.1 Å². The summed E-state index contributed by atoms with van der Waals surface area (Å²) in [4.78, 5) is 10.00. The van der Waals surface area contributed by atoms with Crippen molar-refractivity contribution >= 4 is 44.6 Å². The van der Waals surface area contributed by atoms with E-state index in [1.165, 1.54) is 22.1 Å². The molecule has 3 heterocycles. The Balaban J connectivity index is 0.00000387. The molecule has 0 radical (unpaired) electrons. The van der Waals surface area contributed by atoms with Crippen LogP contribution in [0.2, 0.25) is 0 Å². The number of nitrogens with zero attached hydrogens (tertiary/aromatic N) is 4. The first-order chi connectivity index (χ1) is 24.9. The fraction of sp³-hybridized carbons (Fsp3) is 0.109. The second-order valence-electron chi connectivity index (χ2n) is 13.8. The third-order valence-electron chi connectivity index (χ3n) is 10.2. The average Bonchev–Trinajstić information content (AvgIpc) is 3.72.